The van der Waals surface area contributed by atoms with Crippen LogP contribution in [0.4, 0.5) is 10.1 Å². The van der Waals surface area contributed by atoms with E-state index in [1.165, 1.54) is 17.7 Å². The maximum atomic E-state index is 13.0. The number of nitrogens with zero attached hydrogens (tertiary/aromatic N) is 1. The molecule has 1 N–H and O–H groups in total. The molecule has 0 atom stereocenters. The Morgan fingerprint density at radius 2 is 1.76 bits per heavy atom. The largest absolute Gasteiger partial charge is 0.360 e. The summed E-state index contributed by atoms with van der Waals surface area (Å²) in [6, 6.07) is 14.9. The van der Waals surface area contributed by atoms with E-state index in [0.717, 1.165) is 43.4 Å². The van der Waals surface area contributed by atoms with Gasteiger partial charge in [0.25, 0.3) is 0 Å². The lowest BCUT2D eigenvalue weighted by atomic mass is 10.2. The van der Waals surface area contributed by atoms with Crippen molar-refractivity contribution in [2.24, 2.45) is 0 Å². The fourth-order valence-electron chi connectivity index (χ4n) is 2.85. The molecule has 0 unspecified atom stereocenters. The maximum Gasteiger partial charge on any atom is 0.123 e. The maximum absolute atomic E-state index is 13.0. The number of halogens is 2. The molecule has 0 amide bonds. The fourth-order valence-corrected chi connectivity index (χ4v) is 3.06. The van der Waals surface area contributed by atoms with Crippen molar-refractivity contribution < 1.29 is 9.29 Å². The third-order valence-corrected chi connectivity index (χ3v) is 4.24. The second-order valence-electron chi connectivity index (χ2n) is 5.52. The summed E-state index contributed by atoms with van der Waals surface area (Å²) in [5, 5.41) is 0.803. The SMILES string of the molecule is Fc1ccc(N2CC[NH+](Cc3cccc(Cl)c3)CC2)cc1. The van der Waals surface area contributed by atoms with Gasteiger partial charge in [-0.25, -0.2) is 4.39 Å². The predicted molar refractivity (Wildman–Crippen MR) is 84.5 cm³/mol. The molecule has 0 saturated carbocycles. The molecule has 0 aliphatic carbocycles. The minimum Gasteiger partial charge on any atom is -0.360 e. The lowest BCUT2D eigenvalue weighted by Gasteiger charge is -2.33. The number of anilines is 1. The molecule has 21 heavy (non-hydrogen) atoms. The first-order valence-corrected chi connectivity index (χ1v) is 7.67. The van der Waals surface area contributed by atoms with E-state index in [4.69, 9.17) is 11.6 Å². The number of quaternary nitrogens is 1. The van der Waals surface area contributed by atoms with Crippen molar-refractivity contribution in [3.05, 3.63) is 64.9 Å². The zero-order valence-electron chi connectivity index (χ0n) is 11.9. The van der Waals surface area contributed by atoms with E-state index in [9.17, 15) is 4.39 Å². The van der Waals surface area contributed by atoms with Gasteiger partial charge in [0, 0.05) is 16.3 Å². The van der Waals surface area contributed by atoms with Crippen molar-refractivity contribution in [2.45, 2.75) is 6.54 Å². The highest BCUT2D eigenvalue weighted by Gasteiger charge is 2.20. The van der Waals surface area contributed by atoms with Crippen LogP contribution in [0, 0.1) is 5.82 Å². The van der Waals surface area contributed by atoms with Gasteiger partial charge < -0.3 is 9.80 Å². The molecule has 110 valence electrons. The first kappa shape index (κ1) is 14.4. The van der Waals surface area contributed by atoms with E-state index in [1.54, 1.807) is 4.90 Å². The van der Waals surface area contributed by atoms with E-state index in [1.807, 2.05) is 30.3 Å². The van der Waals surface area contributed by atoms with Gasteiger partial charge in [-0.1, -0.05) is 23.7 Å². The van der Waals surface area contributed by atoms with E-state index in [2.05, 4.69) is 11.0 Å². The molecular weight excluding hydrogens is 287 g/mol. The second-order valence-corrected chi connectivity index (χ2v) is 5.96. The topological polar surface area (TPSA) is 7.68 Å². The second kappa shape index (κ2) is 6.46. The Bertz CT molecular complexity index is 592. The van der Waals surface area contributed by atoms with Crippen LogP contribution in [0.1, 0.15) is 5.56 Å². The Morgan fingerprint density at radius 3 is 2.43 bits per heavy atom. The average Bonchev–Trinajstić information content (AvgIpc) is 2.49. The van der Waals surface area contributed by atoms with Crippen LogP contribution in [0.25, 0.3) is 0 Å². The monoisotopic (exact) mass is 305 g/mol. The molecule has 0 aromatic heterocycles. The lowest BCUT2D eigenvalue weighted by molar-refractivity contribution is -0.914. The van der Waals surface area contributed by atoms with Gasteiger partial charge in [-0.3, -0.25) is 0 Å². The Morgan fingerprint density at radius 1 is 1.05 bits per heavy atom. The fraction of sp³-hybridized carbons (Fsp3) is 0.294. The smallest absolute Gasteiger partial charge is 0.123 e. The van der Waals surface area contributed by atoms with Gasteiger partial charge in [-0.2, -0.15) is 0 Å². The van der Waals surface area contributed by atoms with Gasteiger partial charge in [0.2, 0.25) is 0 Å². The van der Waals surface area contributed by atoms with Gasteiger partial charge in [0.15, 0.2) is 0 Å². The molecule has 1 aliphatic rings. The van der Waals surface area contributed by atoms with Crippen molar-refractivity contribution in [1.82, 2.24) is 0 Å². The van der Waals surface area contributed by atoms with E-state index < -0.39 is 0 Å². The number of hydrogen-bond acceptors (Lipinski definition) is 1. The molecule has 0 bridgehead atoms. The number of benzene rings is 2. The summed E-state index contributed by atoms with van der Waals surface area (Å²) in [6.45, 7) is 5.19. The molecule has 1 saturated heterocycles. The Kier molecular flexibility index (Phi) is 4.42. The summed E-state index contributed by atoms with van der Waals surface area (Å²) in [5.74, 6) is -0.177. The van der Waals surface area contributed by atoms with Crippen molar-refractivity contribution in [1.29, 1.82) is 0 Å². The van der Waals surface area contributed by atoms with Crippen molar-refractivity contribution in [3.63, 3.8) is 0 Å². The third kappa shape index (κ3) is 3.74. The molecule has 1 fully saturated rings. The highest BCUT2D eigenvalue weighted by Crippen LogP contribution is 2.14. The average molecular weight is 306 g/mol. The number of nitrogens with one attached hydrogen (secondary N) is 1. The summed E-state index contributed by atoms with van der Waals surface area (Å²) in [5.41, 5.74) is 2.39. The normalized spacial score (nSPS) is 16.2. The van der Waals surface area contributed by atoms with E-state index in [-0.39, 0.29) is 5.82 Å². The summed E-state index contributed by atoms with van der Waals surface area (Å²) in [4.78, 5) is 3.89. The van der Waals surface area contributed by atoms with Crippen LogP contribution in [0.2, 0.25) is 5.02 Å². The summed E-state index contributed by atoms with van der Waals surface area (Å²) >= 11 is 6.03. The summed E-state index contributed by atoms with van der Waals surface area (Å²) in [6.07, 6.45) is 0. The number of rotatable bonds is 3. The van der Waals surface area contributed by atoms with Crippen molar-refractivity contribution in [2.75, 3.05) is 31.1 Å². The molecule has 1 heterocycles. The van der Waals surface area contributed by atoms with Crippen LogP contribution in [0.3, 0.4) is 0 Å². The zero-order chi connectivity index (χ0) is 14.7. The van der Waals surface area contributed by atoms with E-state index in [0.29, 0.717) is 0 Å². The van der Waals surface area contributed by atoms with Crippen molar-refractivity contribution >= 4 is 17.3 Å². The van der Waals surface area contributed by atoms with Crippen LogP contribution in [0.5, 0.6) is 0 Å². The molecule has 2 aromatic rings. The van der Waals surface area contributed by atoms with Gasteiger partial charge in [0.1, 0.15) is 12.4 Å². The molecule has 4 heteroatoms. The van der Waals surface area contributed by atoms with Gasteiger partial charge in [-0.05, 0) is 36.4 Å². The number of piperazine rings is 1. The predicted octanol–water partition coefficient (Wildman–Crippen LogP) is 2.38. The van der Waals surface area contributed by atoms with Gasteiger partial charge >= 0.3 is 0 Å². The molecular formula is C17H19ClFN2+. The summed E-state index contributed by atoms with van der Waals surface area (Å²) < 4.78 is 13.0. The highest BCUT2D eigenvalue weighted by molar-refractivity contribution is 6.30. The van der Waals surface area contributed by atoms with Gasteiger partial charge in [0.05, 0.1) is 26.2 Å². The highest BCUT2D eigenvalue weighted by atomic mass is 35.5. The summed E-state index contributed by atoms with van der Waals surface area (Å²) in [7, 11) is 0. The van der Waals surface area contributed by atoms with Crippen LogP contribution < -0.4 is 9.80 Å². The van der Waals surface area contributed by atoms with E-state index >= 15 is 0 Å². The molecule has 1 aliphatic heterocycles. The molecule has 2 nitrogen and oxygen atoms in total. The van der Waals surface area contributed by atoms with Gasteiger partial charge in [-0.15, -0.1) is 0 Å². The minimum atomic E-state index is -0.177. The first-order valence-electron chi connectivity index (χ1n) is 7.29. The molecule has 2 aromatic carbocycles. The molecule has 0 radical (unpaired) electrons. The zero-order valence-corrected chi connectivity index (χ0v) is 12.6. The van der Waals surface area contributed by atoms with Crippen LogP contribution in [-0.2, 0) is 6.54 Å². The lowest BCUT2D eigenvalue weighted by Crippen LogP contribution is -3.13. The van der Waals surface area contributed by atoms with Crippen LogP contribution >= 0.6 is 11.6 Å². The standard InChI is InChI=1S/C17H18ClFN2/c18-15-3-1-2-14(12-15)13-20-8-10-21(11-9-20)17-6-4-16(19)5-7-17/h1-7,12H,8-11,13H2/p+1. The minimum absolute atomic E-state index is 0.177. The Labute approximate surface area is 129 Å². The van der Waals surface area contributed by atoms with Crippen LogP contribution in [0.15, 0.2) is 48.5 Å². The Balaban J connectivity index is 1.56. The quantitative estimate of drug-likeness (QED) is 0.915. The third-order valence-electron chi connectivity index (χ3n) is 4.01. The number of hydrogen-bond donors (Lipinski definition) is 1. The molecule has 3 rings (SSSR count). The van der Waals surface area contributed by atoms with Crippen LogP contribution in [-0.4, -0.2) is 26.2 Å². The molecule has 0 spiro atoms. The van der Waals surface area contributed by atoms with Crippen molar-refractivity contribution in [3.8, 4) is 0 Å². The Hall–Kier alpha value is -1.58. The first-order chi connectivity index (χ1) is 10.2.